The summed E-state index contributed by atoms with van der Waals surface area (Å²) in [5, 5.41) is 15.1. The minimum absolute atomic E-state index is 0.0314. The largest absolute Gasteiger partial charge is 0.301 e. The van der Waals surface area contributed by atoms with Gasteiger partial charge in [-0.05, 0) is 17.7 Å². The van der Waals surface area contributed by atoms with E-state index in [0.717, 1.165) is 11.3 Å². The molecule has 3 aromatic rings. The van der Waals surface area contributed by atoms with Gasteiger partial charge in [-0.15, -0.1) is 11.3 Å². The third-order valence-corrected chi connectivity index (χ3v) is 5.94. The smallest absolute Gasteiger partial charge is 0.269 e. The molecule has 0 saturated heterocycles. The van der Waals surface area contributed by atoms with Gasteiger partial charge in [-0.1, -0.05) is 30.3 Å². The van der Waals surface area contributed by atoms with Crippen LogP contribution in [0.2, 0.25) is 0 Å². The third-order valence-electron chi connectivity index (χ3n) is 3.70. The highest BCUT2D eigenvalue weighted by molar-refractivity contribution is 7.91. The van der Waals surface area contributed by atoms with Crippen molar-refractivity contribution in [3.05, 3.63) is 75.7 Å². The molecular weight excluding hydrogens is 402 g/mol. The molecule has 0 aliphatic rings. The van der Waals surface area contributed by atoms with Gasteiger partial charge in [-0.2, -0.15) is 0 Å². The number of hydrogen-bond acceptors (Lipinski definition) is 7. The maximum Gasteiger partial charge on any atom is 0.269 e. The number of nitro benzene ring substituents is 1. The van der Waals surface area contributed by atoms with Crippen molar-refractivity contribution in [3.8, 4) is 11.3 Å². The second kappa shape index (κ2) is 8.28. The fraction of sp³-hybridized carbons (Fsp3) is 0.111. The van der Waals surface area contributed by atoms with Crippen LogP contribution in [-0.4, -0.2) is 30.0 Å². The molecule has 3 rings (SSSR count). The Kier molecular flexibility index (Phi) is 5.81. The van der Waals surface area contributed by atoms with E-state index in [1.165, 1.54) is 12.1 Å². The van der Waals surface area contributed by atoms with Gasteiger partial charge in [0.2, 0.25) is 5.91 Å². The molecule has 0 spiro atoms. The molecule has 1 aromatic heterocycles. The number of nitro groups is 1. The van der Waals surface area contributed by atoms with E-state index in [4.69, 9.17) is 0 Å². The number of sulfone groups is 1. The highest BCUT2D eigenvalue weighted by atomic mass is 32.2. The van der Waals surface area contributed by atoms with Crippen LogP contribution < -0.4 is 5.32 Å². The topological polar surface area (TPSA) is 119 Å². The van der Waals surface area contributed by atoms with Crippen LogP contribution in [0.15, 0.2) is 60.0 Å². The second-order valence-electron chi connectivity index (χ2n) is 5.91. The van der Waals surface area contributed by atoms with Crippen molar-refractivity contribution in [2.24, 2.45) is 0 Å². The fourth-order valence-electron chi connectivity index (χ4n) is 2.45. The number of carbonyl (C=O) groups excluding carboxylic acids is 1. The van der Waals surface area contributed by atoms with Gasteiger partial charge in [0.25, 0.3) is 5.69 Å². The number of nitrogens with zero attached hydrogens (tertiary/aromatic N) is 2. The number of amides is 1. The van der Waals surface area contributed by atoms with E-state index in [2.05, 4.69) is 10.3 Å². The van der Waals surface area contributed by atoms with Crippen molar-refractivity contribution in [3.63, 3.8) is 0 Å². The van der Waals surface area contributed by atoms with Crippen LogP contribution in [-0.2, 0) is 20.4 Å². The molecule has 0 aliphatic carbocycles. The maximum absolute atomic E-state index is 12.2. The van der Waals surface area contributed by atoms with Gasteiger partial charge in [-0.3, -0.25) is 14.9 Å². The van der Waals surface area contributed by atoms with Crippen molar-refractivity contribution >= 4 is 37.9 Å². The Bertz CT molecular complexity index is 1090. The third kappa shape index (κ3) is 5.21. The lowest BCUT2D eigenvalue weighted by molar-refractivity contribution is -0.384. The zero-order valence-electron chi connectivity index (χ0n) is 14.4. The second-order valence-corrected chi connectivity index (χ2v) is 8.83. The normalized spacial score (nSPS) is 11.1. The summed E-state index contributed by atoms with van der Waals surface area (Å²) < 4.78 is 24.4. The lowest BCUT2D eigenvalue weighted by Crippen LogP contribution is -2.23. The van der Waals surface area contributed by atoms with Crippen LogP contribution in [0.4, 0.5) is 10.8 Å². The Morgan fingerprint density at radius 3 is 2.43 bits per heavy atom. The number of anilines is 1. The number of rotatable bonds is 7. The fourth-order valence-corrected chi connectivity index (χ4v) is 4.46. The monoisotopic (exact) mass is 417 g/mol. The lowest BCUT2D eigenvalue weighted by Gasteiger charge is -2.04. The molecule has 0 aliphatic heterocycles. The first-order valence-electron chi connectivity index (χ1n) is 8.07. The number of carbonyl (C=O) groups is 1. The van der Waals surface area contributed by atoms with E-state index in [1.54, 1.807) is 47.8 Å². The van der Waals surface area contributed by atoms with E-state index in [-0.39, 0.29) is 16.6 Å². The molecule has 1 amide bonds. The summed E-state index contributed by atoms with van der Waals surface area (Å²) in [6, 6.07) is 14.5. The average molecular weight is 417 g/mol. The number of nitrogens with one attached hydrogen (secondary N) is 1. The summed E-state index contributed by atoms with van der Waals surface area (Å²) in [5.74, 6) is -1.53. The highest BCUT2D eigenvalue weighted by Gasteiger charge is 2.18. The molecule has 2 aromatic carbocycles. The van der Waals surface area contributed by atoms with E-state index >= 15 is 0 Å². The molecule has 0 fully saturated rings. The minimum Gasteiger partial charge on any atom is -0.301 e. The van der Waals surface area contributed by atoms with Gasteiger partial charge in [0.05, 0.1) is 16.4 Å². The summed E-state index contributed by atoms with van der Waals surface area (Å²) in [6.07, 6.45) is 0. The average Bonchev–Trinajstić information content (AvgIpc) is 3.10. The molecule has 0 radical (unpaired) electrons. The Morgan fingerprint density at radius 1 is 1.11 bits per heavy atom. The van der Waals surface area contributed by atoms with E-state index in [9.17, 15) is 23.3 Å². The molecule has 28 heavy (non-hydrogen) atoms. The van der Waals surface area contributed by atoms with Crippen LogP contribution in [0.3, 0.4) is 0 Å². The van der Waals surface area contributed by atoms with Gasteiger partial charge in [0, 0.05) is 23.1 Å². The molecule has 0 saturated carbocycles. The summed E-state index contributed by atoms with van der Waals surface area (Å²) >= 11 is 1.14. The molecule has 0 bridgehead atoms. The Labute approximate surface area is 164 Å². The van der Waals surface area contributed by atoms with Crippen molar-refractivity contribution in [2.45, 2.75) is 5.75 Å². The molecule has 1 N–H and O–H groups in total. The molecule has 8 nitrogen and oxygen atoms in total. The van der Waals surface area contributed by atoms with Gasteiger partial charge >= 0.3 is 0 Å². The Balaban J connectivity index is 1.62. The predicted molar refractivity (Wildman–Crippen MR) is 107 cm³/mol. The van der Waals surface area contributed by atoms with E-state index in [0.29, 0.717) is 16.8 Å². The number of benzene rings is 2. The van der Waals surface area contributed by atoms with Gasteiger partial charge in [0.1, 0.15) is 5.75 Å². The molecular formula is C18H15N3O5S2. The molecule has 0 unspecified atom stereocenters. The summed E-state index contributed by atoms with van der Waals surface area (Å²) in [4.78, 5) is 26.5. The van der Waals surface area contributed by atoms with Crippen molar-refractivity contribution < 1.29 is 18.1 Å². The highest BCUT2D eigenvalue weighted by Crippen LogP contribution is 2.26. The summed E-state index contributed by atoms with van der Waals surface area (Å²) in [6.45, 7) is 0. The standard InChI is InChI=1S/C18H15N3O5S2/c22-17(12-28(25,26)11-13-4-2-1-3-5-13)20-18-19-16(10-27-18)14-6-8-15(9-7-14)21(23)24/h1-10H,11-12H2,(H,19,20,22). The van der Waals surface area contributed by atoms with Crippen LogP contribution in [0.5, 0.6) is 0 Å². The molecule has 144 valence electrons. The van der Waals surface area contributed by atoms with Crippen LogP contribution in [0, 0.1) is 10.1 Å². The number of hydrogen-bond donors (Lipinski definition) is 1. The first kappa shape index (κ1) is 19.6. The zero-order chi connectivity index (χ0) is 20.1. The van der Waals surface area contributed by atoms with Crippen LogP contribution in [0.1, 0.15) is 5.56 Å². The Hall–Kier alpha value is -3.11. The lowest BCUT2D eigenvalue weighted by atomic mass is 10.1. The minimum atomic E-state index is -3.61. The zero-order valence-corrected chi connectivity index (χ0v) is 16.1. The first-order chi connectivity index (χ1) is 13.3. The van der Waals surface area contributed by atoms with E-state index < -0.39 is 26.4 Å². The van der Waals surface area contributed by atoms with Gasteiger partial charge in [0.15, 0.2) is 15.0 Å². The van der Waals surface area contributed by atoms with Crippen molar-refractivity contribution in [1.29, 1.82) is 0 Å². The maximum atomic E-state index is 12.2. The van der Waals surface area contributed by atoms with Crippen LogP contribution in [0.25, 0.3) is 11.3 Å². The Morgan fingerprint density at radius 2 is 1.79 bits per heavy atom. The molecule has 10 heteroatoms. The number of thiazole rings is 1. The number of non-ortho nitro benzene ring substituents is 1. The quantitative estimate of drug-likeness (QED) is 0.465. The SMILES string of the molecule is O=C(CS(=O)(=O)Cc1ccccc1)Nc1nc(-c2ccc([N+](=O)[O-])cc2)cs1. The number of aromatic nitrogens is 1. The van der Waals surface area contributed by atoms with Gasteiger partial charge < -0.3 is 5.32 Å². The first-order valence-corrected chi connectivity index (χ1v) is 10.8. The van der Waals surface area contributed by atoms with Crippen molar-refractivity contribution in [2.75, 3.05) is 11.1 Å². The predicted octanol–water partition coefficient (Wildman–Crippen LogP) is 3.27. The van der Waals surface area contributed by atoms with E-state index in [1.807, 2.05) is 0 Å². The molecule has 1 heterocycles. The summed E-state index contributed by atoms with van der Waals surface area (Å²) in [5.41, 5.74) is 1.77. The van der Waals surface area contributed by atoms with Crippen LogP contribution >= 0.6 is 11.3 Å². The van der Waals surface area contributed by atoms with Gasteiger partial charge in [-0.25, -0.2) is 13.4 Å². The molecule has 0 atom stereocenters. The summed E-state index contributed by atoms with van der Waals surface area (Å²) in [7, 11) is -3.61. The van der Waals surface area contributed by atoms with Crippen molar-refractivity contribution in [1.82, 2.24) is 4.98 Å².